The van der Waals surface area contributed by atoms with Crippen molar-refractivity contribution in [2.45, 2.75) is 11.8 Å². The molecule has 1 heterocycles. The Kier molecular flexibility index (Phi) is 5.59. The predicted octanol–water partition coefficient (Wildman–Crippen LogP) is 3.06. The zero-order valence-electron chi connectivity index (χ0n) is 15.3. The average Bonchev–Trinajstić information content (AvgIpc) is 2.57. The standard InChI is InChI=1S/C18H21ClN4O3S/c1-12-10-15(26-14-7-5-4-6-13(14)19)17-16(11-12)27(24,25)22-18(21-17)20-8-9-23(2)3/h4-7,10-11H,8-9H2,1-3H3,(H2,20,21,22). The molecule has 0 bridgehead atoms. The number of guanidine groups is 1. The Morgan fingerprint density at radius 2 is 1.93 bits per heavy atom. The number of benzene rings is 2. The maximum Gasteiger partial charge on any atom is 0.266 e. The fraction of sp³-hybridized carbons (Fsp3) is 0.278. The zero-order valence-corrected chi connectivity index (χ0v) is 16.9. The van der Waals surface area contributed by atoms with E-state index in [1.54, 1.807) is 43.3 Å². The van der Waals surface area contributed by atoms with E-state index in [4.69, 9.17) is 16.3 Å². The van der Waals surface area contributed by atoms with Gasteiger partial charge in [-0.3, -0.25) is 4.99 Å². The van der Waals surface area contributed by atoms with Crippen molar-refractivity contribution < 1.29 is 13.2 Å². The van der Waals surface area contributed by atoms with Crippen molar-refractivity contribution in [3.8, 4) is 11.5 Å². The maximum absolute atomic E-state index is 12.7. The molecular weight excluding hydrogens is 388 g/mol. The lowest BCUT2D eigenvalue weighted by atomic mass is 10.2. The second-order valence-electron chi connectivity index (χ2n) is 6.43. The van der Waals surface area contributed by atoms with Crippen molar-refractivity contribution in [3.63, 3.8) is 0 Å². The Labute approximate surface area is 164 Å². The molecule has 0 unspecified atom stereocenters. The lowest BCUT2D eigenvalue weighted by Gasteiger charge is -2.24. The summed E-state index contributed by atoms with van der Waals surface area (Å²) in [5, 5.41) is 3.47. The number of aryl methyl sites for hydroxylation is 1. The third-order valence-electron chi connectivity index (χ3n) is 3.85. The number of nitrogens with one attached hydrogen (secondary N) is 2. The van der Waals surface area contributed by atoms with E-state index in [0.717, 1.165) is 5.56 Å². The number of para-hydroxylation sites is 1. The number of sulfonamides is 1. The maximum atomic E-state index is 12.7. The van der Waals surface area contributed by atoms with Crippen molar-refractivity contribution in [2.24, 2.45) is 4.99 Å². The monoisotopic (exact) mass is 408 g/mol. The zero-order chi connectivity index (χ0) is 19.6. The summed E-state index contributed by atoms with van der Waals surface area (Å²) in [7, 11) is 0.0866. The van der Waals surface area contributed by atoms with Gasteiger partial charge in [-0.1, -0.05) is 23.7 Å². The molecule has 1 aliphatic heterocycles. The Bertz CT molecular complexity index is 990. The van der Waals surface area contributed by atoms with Gasteiger partial charge in [0, 0.05) is 6.54 Å². The van der Waals surface area contributed by atoms with Gasteiger partial charge in [0.2, 0.25) is 5.96 Å². The van der Waals surface area contributed by atoms with Crippen LogP contribution in [0.25, 0.3) is 0 Å². The molecule has 0 amide bonds. The van der Waals surface area contributed by atoms with E-state index >= 15 is 0 Å². The van der Waals surface area contributed by atoms with Gasteiger partial charge in [0.15, 0.2) is 5.75 Å². The number of halogens is 1. The van der Waals surface area contributed by atoms with Crippen molar-refractivity contribution >= 4 is 33.3 Å². The molecule has 0 saturated carbocycles. The van der Waals surface area contributed by atoms with Gasteiger partial charge in [-0.15, -0.1) is 0 Å². The van der Waals surface area contributed by atoms with Gasteiger partial charge in [-0.25, -0.2) is 13.1 Å². The number of ether oxygens (including phenoxy) is 1. The number of hydrogen-bond acceptors (Lipinski definition) is 5. The molecule has 0 aliphatic carbocycles. The lowest BCUT2D eigenvalue weighted by molar-refractivity contribution is 0.420. The number of hydrogen-bond donors (Lipinski definition) is 2. The first-order chi connectivity index (χ1) is 12.8. The summed E-state index contributed by atoms with van der Waals surface area (Å²) >= 11 is 6.18. The van der Waals surface area contributed by atoms with E-state index in [1.807, 2.05) is 19.0 Å². The molecule has 27 heavy (non-hydrogen) atoms. The van der Waals surface area contributed by atoms with E-state index in [9.17, 15) is 8.42 Å². The average molecular weight is 409 g/mol. The molecule has 2 aromatic carbocycles. The highest BCUT2D eigenvalue weighted by Gasteiger charge is 2.30. The van der Waals surface area contributed by atoms with Crippen LogP contribution in [0.2, 0.25) is 5.02 Å². The van der Waals surface area contributed by atoms with E-state index in [1.165, 1.54) is 0 Å². The molecule has 0 spiro atoms. The number of rotatable bonds is 5. The number of fused-ring (bicyclic) bond motifs is 1. The molecule has 1 aliphatic rings. The number of nitrogens with zero attached hydrogens (tertiary/aromatic N) is 2. The Hall–Kier alpha value is -2.29. The van der Waals surface area contributed by atoms with Crippen LogP contribution in [0.3, 0.4) is 0 Å². The number of aliphatic imine (C=N–C) groups is 1. The summed E-state index contributed by atoms with van der Waals surface area (Å²) in [6.45, 7) is 2.94. The third kappa shape index (κ3) is 4.52. The van der Waals surface area contributed by atoms with Crippen molar-refractivity contribution in [2.75, 3.05) is 32.5 Å². The van der Waals surface area contributed by atoms with Gasteiger partial charge < -0.3 is 15.0 Å². The molecule has 0 fully saturated rings. The summed E-state index contributed by atoms with van der Waals surface area (Å²) in [5.41, 5.74) is 1.08. The predicted molar refractivity (Wildman–Crippen MR) is 108 cm³/mol. The number of anilines is 1. The van der Waals surface area contributed by atoms with E-state index in [-0.39, 0.29) is 10.9 Å². The SMILES string of the molecule is Cc1cc(Oc2ccccc2Cl)c2c(c1)S(=O)(=O)NC(=NCCN(C)C)N2. The van der Waals surface area contributed by atoms with Gasteiger partial charge in [-0.05, 0) is 50.8 Å². The van der Waals surface area contributed by atoms with Gasteiger partial charge in [0.05, 0.1) is 11.6 Å². The largest absolute Gasteiger partial charge is 0.454 e. The normalized spacial score (nSPS) is 16.6. The lowest BCUT2D eigenvalue weighted by Crippen LogP contribution is -2.41. The van der Waals surface area contributed by atoms with E-state index in [2.05, 4.69) is 15.0 Å². The molecular formula is C18H21ClN4O3S. The minimum Gasteiger partial charge on any atom is -0.454 e. The molecule has 2 N–H and O–H groups in total. The Balaban J connectivity index is 2.01. The topological polar surface area (TPSA) is 83.0 Å². The van der Waals surface area contributed by atoms with Crippen LogP contribution in [0.5, 0.6) is 11.5 Å². The van der Waals surface area contributed by atoms with Gasteiger partial charge in [-0.2, -0.15) is 0 Å². The summed E-state index contributed by atoms with van der Waals surface area (Å²) in [6, 6.07) is 10.4. The third-order valence-corrected chi connectivity index (χ3v) is 5.52. The highest BCUT2D eigenvalue weighted by Crippen LogP contribution is 2.39. The molecule has 144 valence electrons. The minimum absolute atomic E-state index is 0.108. The molecule has 7 nitrogen and oxygen atoms in total. The van der Waals surface area contributed by atoms with Crippen LogP contribution in [0.1, 0.15) is 5.56 Å². The first kappa shape index (κ1) is 19.5. The van der Waals surface area contributed by atoms with Crippen molar-refractivity contribution in [1.29, 1.82) is 0 Å². The van der Waals surface area contributed by atoms with Crippen LogP contribution in [0.4, 0.5) is 5.69 Å². The van der Waals surface area contributed by atoms with Crippen molar-refractivity contribution in [3.05, 3.63) is 47.0 Å². The highest BCUT2D eigenvalue weighted by molar-refractivity contribution is 7.90. The summed E-state index contributed by atoms with van der Waals surface area (Å²) in [5.74, 6) is 0.969. The second kappa shape index (κ2) is 7.75. The van der Waals surface area contributed by atoms with Crippen molar-refractivity contribution in [1.82, 2.24) is 9.62 Å². The molecule has 0 atom stereocenters. The molecule has 0 saturated heterocycles. The quantitative estimate of drug-likeness (QED) is 0.794. The van der Waals surface area contributed by atoms with Crippen LogP contribution in [0.15, 0.2) is 46.3 Å². The summed E-state index contributed by atoms with van der Waals surface area (Å²) in [4.78, 5) is 6.37. The second-order valence-corrected chi connectivity index (χ2v) is 8.49. The molecule has 2 aromatic rings. The van der Waals surface area contributed by atoms with Crippen LogP contribution in [-0.4, -0.2) is 46.5 Å². The molecule has 0 radical (unpaired) electrons. The molecule has 0 aromatic heterocycles. The fourth-order valence-corrected chi connectivity index (χ4v) is 3.96. The smallest absolute Gasteiger partial charge is 0.266 e. The number of likely N-dealkylation sites (N-methyl/N-ethyl adjacent to an activating group) is 1. The Morgan fingerprint density at radius 3 is 2.63 bits per heavy atom. The summed E-state index contributed by atoms with van der Waals surface area (Å²) in [6.07, 6.45) is 0. The first-order valence-electron chi connectivity index (χ1n) is 8.32. The fourth-order valence-electron chi connectivity index (χ4n) is 2.54. The van der Waals surface area contributed by atoms with Gasteiger partial charge >= 0.3 is 0 Å². The van der Waals surface area contributed by atoms with Crippen LogP contribution < -0.4 is 14.8 Å². The summed E-state index contributed by atoms with van der Waals surface area (Å²) < 4.78 is 33.7. The highest BCUT2D eigenvalue weighted by atomic mass is 35.5. The first-order valence-corrected chi connectivity index (χ1v) is 10.2. The van der Waals surface area contributed by atoms with E-state index in [0.29, 0.717) is 35.3 Å². The van der Waals surface area contributed by atoms with Gasteiger partial charge in [0.25, 0.3) is 10.0 Å². The minimum atomic E-state index is -3.76. The van der Waals surface area contributed by atoms with E-state index < -0.39 is 10.0 Å². The Morgan fingerprint density at radius 1 is 1.19 bits per heavy atom. The van der Waals surface area contributed by atoms with Gasteiger partial charge in [0.1, 0.15) is 16.3 Å². The molecule has 9 heteroatoms. The molecule has 3 rings (SSSR count). The van der Waals surface area contributed by atoms with Crippen LogP contribution >= 0.6 is 11.6 Å². The van der Waals surface area contributed by atoms with Crippen LogP contribution in [0, 0.1) is 6.92 Å². The van der Waals surface area contributed by atoms with Crippen LogP contribution in [-0.2, 0) is 10.0 Å².